The van der Waals surface area contributed by atoms with Crippen LogP contribution >= 0.6 is 11.6 Å². The number of nitrogens with one attached hydrogen (secondary N) is 1. The van der Waals surface area contributed by atoms with Crippen molar-refractivity contribution in [2.24, 2.45) is 0 Å². The van der Waals surface area contributed by atoms with Crippen LogP contribution in [0.15, 0.2) is 42.5 Å². The number of hydrogen-bond acceptors (Lipinski definition) is 3. The van der Waals surface area contributed by atoms with Crippen molar-refractivity contribution in [2.75, 3.05) is 5.32 Å². The van der Waals surface area contributed by atoms with E-state index in [1.165, 1.54) is 18.2 Å². The van der Waals surface area contributed by atoms with Gasteiger partial charge in [0.2, 0.25) is 0 Å². The predicted molar refractivity (Wildman–Crippen MR) is 72.9 cm³/mol. The molecule has 0 radical (unpaired) electrons. The molecule has 2 rings (SSSR count). The molecule has 0 fully saturated rings. The zero-order chi connectivity index (χ0) is 13.8. The molecule has 0 saturated carbocycles. The van der Waals surface area contributed by atoms with Crippen molar-refractivity contribution < 1.29 is 14.7 Å². The molecule has 2 aromatic carbocycles. The summed E-state index contributed by atoms with van der Waals surface area (Å²) in [6, 6.07) is 10.5. The normalized spacial score (nSPS) is 9.95. The second-order valence-corrected chi connectivity index (χ2v) is 4.27. The van der Waals surface area contributed by atoms with Crippen LogP contribution < -0.4 is 5.32 Å². The van der Waals surface area contributed by atoms with Crippen molar-refractivity contribution >= 4 is 29.5 Å². The van der Waals surface area contributed by atoms with Crippen molar-refractivity contribution in [2.45, 2.75) is 0 Å². The number of amides is 1. The number of anilines is 1. The fraction of sp³-hybridized carbons (Fsp3) is 0. The molecule has 0 heterocycles. The fourth-order valence-corrected chi connectivity index (χ4v) is 1.73. The number of carbonyl (C=O) groups is 2. The lowest BCUT2D eigenvalue weighted by molar-refractivity contribution is 0.102. The lowest BCUT2D eigenvalue weighted by atomic mass is 10.2. The molecular weight excluding hydrogens is 266 g/mol. The lowest BCUT2D eigenvalue weighted by Crippen LogP contribution is -2.12. The molecular formula is C14H10ClNO3. The van der Waals surface area contributed by atoms with Gasteiger partial charge in [0, 0.05) is 11.3 Å². The lowest BCUT2D eigenvalue weighted by Gasteiger charge is -2.07. The molecule has 96 valence electrons. The molecule has 0 aliphatic rings. The molecule has 0 unspecified atom stereocenters. The molecule has 4 nitrogen and oxygen atoms in total. The number of aromatic hydroxyl groups is 1. The zero-order valence-electron chi connectivity index (χ0n) is 9.76. The van der Waals surface area contributed by atoms with Gasteiger partial charge in [-0.05, 0) is 42.5 Å². The van der Waals surface area contributed by atoms with E-state index in [0.717, 1.165) is 6.29 Å². The highest BCUT2D eigenvalue weighted by Crippen LogP contribution is 2.22. The van der Waals surface area contributed by atoms with Gasteiger partial charge in [-0.25, -0.2) is 0 Å². The Labute approximate surface area is 114 Å². The summed E-state index contributed by atoms with van der Waals surface area (Å²) < 4.78 is 0. The Morgan fingerprint density at radius 3 is 2.47 bits per heavy atom. The second kappa shape index (κ2) is 5.54. The summed E-state index contributed by atoms with van der Waals surface area (Å²) in [4.78, 5) is 22.5. The third-order valence-corrected chi connectivity index (χ3v) is 2.83. The predicted octanol–water partition coefficient (Wildman–Crippen LogP) is 3.11. The molecule has 2 aromatic rings. The van der Waals surface area contributed by atoms with Gasteiger partial charge in [-0.3, -0.25) is 9.59 Å². The van der Waals surface area contributed by atoms with Crippen molar-refractivity contribution in [3.63, 3.8) is 0 Å². The van der Waals surface area contributed by atoms with E-state index < -0.39 is 5.91 Å². The minimum atomic E-state index is -0.431. The number of aldehydes is 1. The molecule has 1 amide bonds. The average Bonchev–Trinajstić information content (AvgIpc) is 2.42. The molecule has 0 aliphatic carbocycles. The number of rotatable bonds is 3. The number of phenols is 1. The highest BCUT2D eigenvalue weighted by atomic mass is 35.5. The number of halogens is 1. The van der Waals surface area contributed by atoms with Gasteiger partial charge in [0.25, 0.3) is 5.91 Å². The van der Waals surface area contributed by atoms with Gasteiger partial charge in [0.15, 0.2) is 0 Å². The van der Waals surface area contributed by atoms with Crippen molar-refractivity contribution in [3.05, 3.63) is 58.6 Å². The van der Waals surface area contributed by atoms with E-state index in [-0.39, 0.29) is 16.3 Å². The van der Waals surface area contributed by atoms with Crippen molar-refractivity contribution in [1.82, 2.24) is 0 Å². The zero-order valence-corrected chi connectivity index (χ0v) is 10.5. The topological polar surface area (TPSA) is 66.4 Å². The third kappa shape index (κ3) is 3.11. The van der Waals surface area contributed by atoms with Crippen LogP contribution in [-0.2, 0) is 0 Å². The SMILES string of the molecule is O=Cc1ccc(NC(=O)c2cc(O)ccc2Cl)cc1. The first-order valence-electron chi connectivity index (χ1n) is 5.45. The van der Waals surface area contributed by atoms with Gasteiger partial charge in [0.05, 0.1) is 10.6 Å². The highest BCUT2D eigenvalue weighted by molar-refractivity contribution is 6.34. The molecule has 0 atom stereocenters. The Morgan fingerprint density at radius 1 is 1.16 bits per heavy atom. The Morgan fingerprint density at radius 2 is 1.84 bits per heavy atom. The quantitative estimate of drug-likeness (QED) is 0.846. The van der Waals surface area contributed by atoms with E-state index in [4.69, 9.17) is 11.6 Å². The van der Waals surface area contributed by atoms with Crippen LogP contribution in [0.2, 0.25) is 5.02 Å². The minimum absolute atomic E-state index is 0.0362. The van der Waals surface area contributed by atoms with Crippen LogP contribution in [0.4, 0.5) is 5.69 Å². The Bertz CT molecular complexity index is 623. The summed E-state index contributed by atoms with van der Waals surface area (Å²) in [5.74, 6) is -0.467. The Hall–Kier alpha value is -2.33. The van der Waals surface area contributed by atoms with Gasteiger partial charge in [0.1, 0.15) is 12.0 Å². The summed E-state index contributed by atoms with van der Waals surface area (Å²) in [6.07, 6.45) is 0.720. The van der Waals surface area contributed by atoms with Crippen LogP contribution in [0.25, 0.3) is 0 Å². The molecule has 5 heteroatoms. The summed E-state index contributed by atoms with van der Waals surface area (Å²) in [5.41, 5.74) is 1.24. The standard InChI is InChI=1S/C14H10ClNO3/c15-13-6-5-11(18)7-12(13)14(19)16-10-3-1-9(8-17)2-4-10/h1-8,18H,(H,16,19). The third-order valence-electron chi connectivity index (χ3n) is 2.50. The van der Waals surface area contributed by atoms with E-state index >= 15 is 0 Å². The number of benzene rings is 2. The van der Waals surface area contributed by atoms with E-state index in [9.17, 15) is 14.7 Å². The maximum Gasteiger partial charge on any atom is 0.257 e. The molecule has 0 spiro atoms. The van der Waals surface area contributed by atoms with Crippen LogP contribution in [0.5, 0.6) is 5.75 Å². The largest absolute Gasteiger partial charge is 0.508 e. The van der Waals surface area contributed by atoms with Gasteiger partial charge < -0.3 is 10.4 Å². The molecule has 2 N–H and O–H groups in total. The second-order valence-electron chi connectivity index (χ2n) is 3.86. The van der Waals surface area contributed by atoms with E-state index in [1.54, 1.807) is 24.3 Å². The summed E-state index contributed by atoms with van der Waals surface area (Å²) >= 11 is 5.89. The van der Waals surface area contributed by atoms with Gasteiger partial charge in [-0.1, -0.05) is 11.6 Å². The summed E-state index contributed by atoms with van der Waals surface area (Å²) in [6.45, 7) is 0. The van der Waals surface area contributed by atoms with Gasteiger partial charge in [-0.15, -0.1) is 0 Å². The monoisotopic (exact) mass is 275 g/mol. The average molecular weight is 276 g/mol. The van der Waals surface area contributed by atoms with Crippen molar-refractivity contribution in [1.29, 1.82) is 0 Å². The number of hydrogen-bond donors (Lipinski definition) is 2. The fourth-order valence-electron chi connectivity index (χ4n) is 1.53. The maximum absolute atomic E-state index is 12.0. The van der Waals surface area contributed by atoms with Crippen LogP contribution in [0.3, 0.4) is 0 Å². The first kappa shape index (κ1) is 13.1. The van der Waals surface area contributed by atoms with Crippen molar-refractivity contribution in [3.8, 4) is 5.75 Å². The number of phenolic OH excluding ortho intramolecular Hbond substituents is 1. The molecule has 0 saturated heterocycles. The smallest absolute Gasteiger partial charge is 0.257 e. The Balaban J connectivity index is 2.20. The molecule has 0 aromatic heterocycles. The Kier molecular flexibility index (Phi) is 3.82. The van der Waals surface area contributed by atoms with Crippen LogP contribution in [0, 0.1) is 0 Å². The summed E-state index contributed by atoms with van der Waals surface area (Å²) in [7, 11) is 0. The molecule has 19 heavy (non-hydrogen) atoms. The van der Waals surface area contributed by atoms with Gasteiger partial charge >= 0.3 is 0 Å². The van der Waals surface area contributed by atoms with Crippen LogP contribution in [0.1, 0.15) is 20.7 Å². The van der Waals surface area contributed by atoms with E-state index in [2.05, 4.69) is 5.32 Å². The molecule has 0 aliphatic heterocycles. The number of carbonyl (C=O) groups excluding carboxylic acids is 2. The van der Waals surface area contributed by atoms with Crippen LogP contribution in [-0.4, -0.2) is 17.3 Å². The first-order valence-corrected chi connectivity index (χ1v) is 5.83. The van der Waals surface area contributed by atoms with E-state index in [1.807, 2.05) is 0 Å². The molecule has 0 bridgehead atoms. The highest BCUT2D eigenvalue weighted by Gasteiger charge is 2.11. The maximum atomic E-state index is 12.0. The minimum Gasteiger partial charge on any atom is -0.508 e. The van der Waals surface area contributed by atoms with E-state index in [0.29, 0.717) is 11.3 Å². The van der Waals surface area contributed by atoms with Gasteiger partial charge in [-0.2, -0.15) is 0 Å². The summed E-state index contributed by atoms with van der Waals surface area (Å²) in [5, 5.41) is 12.2. The first-order chi connectivity index (χ1) is 9.10.